The van der Waals surface area contributed by atoms with Crippen LogP contribution in [0.25, 0.3) is 10.8 Å². The van der Waals surface area contributed by atoms with Crippen molar-refractivity contribution in [3.63, 3.8) is 0 Å². The van der Waals surface area contributed by atoms with Crippen molar-refractivity contribution < 1.29 is 29.3 Å². The van der Waals surface area contributed by atoms with Crippen molar-refractivity contribution >= 4 is 22.8 Å². The first kappa shape index (κ1) is 17.9. The first-order valence-electron chi connectivity index (χ1n) is 8.29. The molecule has 1 aliphatic heterocycles. The molecule has 1 aromatic heterocycles. The molecule has 0 aliphatic carbocycles. The summed E-state index contributed by atoms with van der Waals surface area (Å²) in [5.74, 6) is -1.02. The average Bonchev–Trinajstić information content (AvgIpc) is 3.23. The number of aromatic hydroxyl groups is 2. The summed E-state index contributed by atoms with van der Waals surface area (Å²) in [6.45, 7) is 2.72. The molecule has 1 fully saturated rings. The minimum absolute atomic E-state index is 0.0758. The van der Waals surface area contributed by atoms with E-state index in [0.717, 1.165) is 12.8 Å². The molecule has 3 rings (SSSR count). The van der Waals surface area contributed by atoms with Gasteiger partial charge in [0.2, 0.25) is 11.8 Å². The van der Waals surface area contributed by atoms with Crippen molar-refractivity contribution in [3.05, 3.63) is 23.8 Å². The Balaban J connectivity index is 1.87. The summed E-state index contributed by atoms with van der Waals surface area (Å²) >= 11 is 0. The van der Waals surface area contributed by atoms with E-state index < -0.39 is 12.0 Å². The van der Waals surface area contributed by atoms with E-state index in [4.69, 9.17) is 4.74 Å². The molecule has 0 spiro atoms. The number of hydrogen-bond acceptors (Lipinski definition) is 6. The third-order valence-corrected chi connectivity index (χ3v) is 4.16. The predicted octanol–water partition coefficient (Wildman–Crippen LogP) is 2.98. The number of benzene rings is 1. The molecule has 1 atom stereocenters. The fourth-order valence-electron chi connectivity index (χ4n) is 2.91. The van der Waals surface area contributed by atoms with Gasteiger partial charge in [-0.25, -0.2) is 4.79 Å². The van der Waals surface area contributed by atoms with Gasteiger partial charge in [0.25, 0.3) is 5.91 Å². The maximum Gasteiger partial charge on any atom is 0.452 e. The topological polar surface area (TPSA) is 123 Å². The molecule has 2 N–H and O–H groups in total. The molecule has 1 aliphatic rings. The monoisotopic (exact) mass is 361 g/mol. The van der Waals surface area contributed by atoms with Gasteiger partial charge in [0.15, 0.2) is 0 Å². The summed E-state index contributed by atoms with van der Waals surface area (Å²) < 4.78 is 11.4. The zero-order valence-corrected chi connectivity index (χ0v) is 14.2. The second-order valence-electron chi connectivity index (χ2n) is 5.86. The second kappa shape index (κ2) is 7.52. The number of nitrogens with zero attached hydrogens (tertiary/aromatic N) is 3. The van der Waals surface area contributed by atoms with Gasteiger partial charge in [-0.15, -0.1) is 0 Å². The Morgan fingerprint density at radius 3 is 2.73 bits per heavy atom. The molecule has 9 heteroatoms. The second-order valence-corrected chi connectivity index (χ2v) is 5.86. The molecule has 0 bridgehead atoms. The highest BCUT2D eigenvalue weighted by Gasteiger charge is 2.23. The number of carbonyl (C=O) groups is 2. The van der Waals surface area contributed by atoms with Gasteiger partial charge in [0.05, 0.1) is 19.3 Å². The summed E-state index contributed by atoms with van der Waals surface area (Å²) in [6, 6.07) is 4.33. The van der Waals surface area contributed by atoms with Gasteiger partial charge in [0.1, 0.15) is 0 Å². The van der Waals surface area contributed by atoms with Crippen LogP contribution in [0.3, 0.4) is 0 Å². The van der Waals surface area contributed by atoms with Crippen LogP contribution in [0.15, 0.2) is 28.4 Å². The average molecular weight is 361 g/mol. The number of azo groups is 1. The van der Waals surface area contributed by atoms with Crippen LogP contribution < -0.4 is 0 Å². The van der Waals surface area contributed by atoms with E-state index in [1.54, 1.807) is 6.92 Å². The van der Waals surface area contributed by atoms with Gasteiger partial charge in [-0.3, -0.25) is 9.36 Å². The fraction of sp³-hybridized carbons (Fsp3) is 0.412. The van der Waals surface area contributed by atoms with E-state index in [-0.39, 0.29) is 30.0 Å². The lowest BCUT2D eigenvalue weighted by Gasteiger charge is -2.12. The number of rotatable bonds is 4. The van der Waals surface area contributed by atoms with Gasteiger partial charge in [-0.2, -0.15) is 0 Å². The molecular weight excluding hydrogens is 342 g/mol. The first-order valence-corrected chi connectivity index (χ1v) is 8.29. The summed E-state index contributed by atoms with van der Waals surface area (Å²) in [5, 5.41) is 28.0. The maximum atomic E-state index is 12.0. The fourth-order valence-corrected chi connectivity index (χ4v) is 2.91. The highest BCUT2D eigenvalue weighted by molar-refractivity contribution is 6.02. The molecule has 2 heterocycles. The van der Waals surface area contributed by atoms with Crippen LogP contribution in [-0.2, 0) is 16.0 Å². The van der Waals surface area contributed by atoms with E-state index in [9.17, 15) is 19.8 Å². The maximum absolute atomic E-state index is 12.0. The number of ether oxygens (including phenoxy) is 2. The van der Waals surface area contributed by atoms with Gasteiger partial charge >= 0.3 is 6.09 Å². The molecule has 2 amide bonds. The van der Waals surface area contributed by atoms with E-state index in [2.05, 4.69) is 15.0 Å². The lowest BCUT2D eigenvalue weighted by atomic mass is 10.1. The quantitative estimate of drug-likeness (QED) is 0.807. The Hall–Kier alpha value is -2.94. The van der Waals surface area contributed by atoms with E-state index in [0.29, 0.717) is 23.9 Å². The van der Waals surface area contributed by atoms with Gasteiger partial charge in [-0.1, -0.05) is 10.2 Å². The van der Waals surface area contributed by atoms with Crippen molar-refractivity contribution in [1.29, 1.82) is 0 Å². The first-order chi connectivity index (χ1) is 12.5. The van der Waals surface area contributed by atoms with E-state index >= 15 is 0 Å². The zero-order chi connectivity index (χ0) is 18.7. The summed E-state index contributed by atoms with van der Waals surface area (Å²) in [5.41, 5.74) is 0.120. The number of hydrogen-bond donors (Lipinski definition) is 2. The molecule has 138 valence electrons. The van der Waals surface area contributed by atoms with Crippen LogP contribution in [0.1, 0.15) is 30.1 Å². The van der Waals surface area contributed by atoms with Crippen molar-refractivity contribution in [2.75, 3.05) is 13.2 Å². The normalized spacial score (nSPS) is 17.2. The number of aromatic nitrogens is 1. The minimum Gasteiger partial charge on any atom is -0.494 e. The zero-order valence-electron chi connectivity index (χ0n) is 14.2. The number of carbonyl (C=O) groups excluding carboxylic acids is 2. The van der Waals surface area contributed by atoms with Crippen molar-refractivity contribution in [1.82, 2.24) is 4.57 Å². The Morgan fingerprint density at radius 1 is 1.27 bits per heavy atom. The smallest absolute Gasteiger partial charge is 0.452 e. The molecule has 1 aromatic carbocycles. The molecule has 9 nitrogen and oxygen atoms in total. The minimum atomic E-state index is -0.954. The Kier molecular flexibility index (Phi) is 5.17. The molecular formula is C17H19N3O6. The predicted molar refractivity (Wildman–Crippen MR) is 90.5 cm³/mol. The lowest BCUT2D eigenvalue weighted by Crippen LogP contribution is -2.14. The Bertz CT molecular complexity index is 867. The van der Waals surface area contributed by atoms with Crippen LogP contribution in [0.2, 0.25) is 0 Å². The van der Waals surface area contributed by atoms with Gasteiger partial charge in [-0.05, 0) is 38.0 Å². The SMILES string of the molecule is CCOC(=O)N=NC(=O)c1ccc2c(O)n(CC3CCCO3)c(O)c2c1. The summed E-state index contributed by atoms with van der Waals surface area (Å²) in [4.78, 5) is 23.2. The van der Waals surface area contributed by atoms with Crippen LogP contribution in [0, 0.1) is 0 Å². The number of amides is 2. The van der Waals surface area contributed by atoms with E-state index in [1.807, 2.05) is 0 Å². The number of fused-ring (bicyclic) bond motifs is 1. The van der Waals surface area contributed by atoms with Crippen LogP contribution in [0.5, 0.6) is 11.8 Å². The molecule has 1 saturated heterocycles. The van der Waals surface area contributed by atoms with Crippen LogP contribution in [-0.4, -0.2) is 46.1 Å². The largest absolute Gasteiger partial charge is 0.494 e. The van der Waals surface area contributed by atoms with Crippen molar-refractivity contribution in [2.24, 2.45) is 10.2 Å². The molecule has 26 heavy (non-hydrogen) atoms. The summed E-state index contributed by atoms with van der Waals surface area (Å²) in [7, 11) is 0. The lowest BCUT2D eigenvalue weighted by molar-refractivity contribution is 0.0930. The third kappa shape index (κ3) is 3.52. The van der Waals surface area contributed by atoms with Crippen LogP contribution in [0.4, 0.5) is 4.79 Å². The standard InChI is InChI=1S/C17H19N3O6/c1-2-25-17(24)19-18-14(21)10-5-6-12-13(8-10)16(23)20(15(12)22)9-11-4-3-7-26-11/h5-6,8,11,22-23H,2-4,7,9H2,1H3. The molecule has 0 radical (unpaired) electrons. The van der Waals surface area contributed by atoms with E-state index in [1.165, 1.54) is 22.8 Å². The third-order valence-electron chi connectivity index (χ3n) is 4.16. The summed E-state index contributed by atoms with van der Waals surface area (Å²) in [6.07, 6.45) is 0.765. The highest BCUT2D eigenvalue weighted by atomic mass is 16.5. The Morgan fingerprint density at radius 2 is 2.04 bits per heavy atom. The molecule has 2 aromatic rings. The highest BCUT2D eigenvalue weighted by Crippen LogP contribution is 2.37. The van der Waals surface area contributed by atoms with Gasteiger partial charge in [0, 0.05) is 22.9 Å². The van der Waals surface area contributed by atoms with Crippen LogP contribution >= 0.6 is 0 Å². The molecule has 0 saturated carbocycles. The van der Waals surface area contributed by atoms with Gasteiger partial charge < -0.3 is 19.7 Å². The van der Waals surface area contributed by atoms with Crippen molar-refractivity contribution in [2.45, 2.75) is 32.4 Å². The van der Waals surface area contributed by atoms with Crippen molar-refractivity contribution in [3.8, 4) is 11.8 Å². The Labute approximate surface area is 148 Å². The molecule has 1 unspecified atom stereocenters.